The van der Waals surface area contributed by atoms with Crippen LogP contribution in [-0.2, 0) is 5.41 Å². The van der Waals surface area contributed by atoms with E-state index in [0.717, 1.165) is 0 Å². The number of aryl methyl sites for hydroxylation is 3. The molecule has 11 aromatic rings. The Morgan fingerprint density at radius 3 is 1.56 bits per heavy atom. The van der Waals surface area contributed by atoms with E-state index in [0.29, 0.717) is 0 Å². The predicted octanol–water partition coefficient (Wildman–Crippen LogP) is 16.2. The Bertz CT molecular complexity index is 3380. The minimum atomic E-state index is 0.151. The maximum absolute atomic E-state index is 2.40. The first kappa shape index (κ1) is 38.8. The van der Waals surface area contributed by atoms with Crippen molar-refractivity contribution in [1.82, 2.24) is 9.13 Å². The van der Waals surface area contributed by atoms with Gasteiger partial charge >= 0.3 is 0 Å². The molecule has 0 amide bonds. The summed E-state index contributed by atoms with van der Waals surface area (Å²) in [6, 6.07) is 76.5. The molecule has 0 aliphatic heterocycles. The lowest BCUT2D eigenvalue weighted by atomic mass is 9.82. The summed E-state index contributed by atoms with van der Waals surface area (Å²) >= 11 is 0. The van der Waals surface area contributed by atoms with E-state index >= 15 is 0 Å². The Kier molecular flexibility index (Phi) is 9.93. The predicted molar refractivity (Wildman–Crippen MR) is 265 cm³/mol. The lowest BCUT2D eigenvalue weighted by Gasteiger charge is -2.21. The summed E-state index contributed by atoms with van der Waals surface area (Å²) in [5.74, 6) is 0. The lowest BCUT2D eigenvalue weighted by molar-refractivity contribution is 0.660. The summed E-state index contributed by atoms with van der Waals surface area (Å²) < 4.78 is 4.79. The van der Waals surface area contributed by atoms with Gasteiger partial charge in [0.25, 0.3) is 0 Å². The van der Waals surface area contributed by atoms with Gasteiger partial charge in [0.2, 0.25) is 0 Å². The van der Waals surface area contributed by atoms with Crippen LogP contribution in [0.15, 0.2) is 212 Å². The van der Waals surface area contributed by atoms with Crippen molar-refractivity contribution in [3.8, 4) is 33.6 Å². The average molecular weight is 799 g/mol. The number of aromatic nitrogens is 2. The van der Waals surface area contributed by atoms with Crippen molar-refractivity contribution in [2.24, 2.45) is 0 Å². The van der Waals surface area contributed by atoms with Gasteiger partial charge in [-0.2, -0.15) is 0 Å². The van der Waals surface area contributed by atoms with E-state index in [1.807, 2.05) is 18.2 Å². The van der Waals surface area contributed by atoms with Crippen LogP contribution in [0.2, 0.25) is 0 Å². The zero-order valence-corrected chi connectivity index (χ0v) is 36.1. The molecule has 62 heavy (non-hydrogen) atoms. The molecule has 2 heteroatoms. The highest BCUT2D eigenvalue weighted by Gasteiger charge is 2.34. The summed E-state index contributed by atoms with van der Waals surface area (Å²) in [7, 11) is 0. The van der Waals surface area contributed by atoms with Crippen LogP contribution in [0.5, 0.6) is 0 Å². The molecule has 0 N–H and O–H groups in total. The van der Waals surface area contributed by atoms with Gasteiger partial charge in [-0.1, -0.05) is 194 Å². The maximum atomic E-state index is 2.40. The topological polar surface area (TPSA) is 9.86 Å². The fraction of sp³-hybridized carbons (Fsp3) is 0.100. The fourth-order valence-electron chi connectivity index (χ4n) is 9.58. The minimum absolute atomic E-state index is 0.151. The molecule has 0 radical (unpaired) electrons. The molecule has 0 atom stereocenters. The number of hydrogen-bond acceptors (Lipinski definition) is 0. The second-order valence-corrected chi connectivity index (χ2v) is 17.2. The summed E-state index contributed by atoms with van der Waals surface area (Å²) in [4.78, 5) is 0. The third kappa shape index (κ3) is 6.79. The van der Waals surface area contributed by atoms with Crippen LogP contribution < -0.4 is 0 Å². The number of nitrogens with zero attached hydrogens (tertiary/aromatic N) is 2. The highest BCUT2D eigenvalue weighted by molar-refractivity contribution is 6.17. The Hall–Kier alpha value is -7.42. The molecule has 9 aromatic carbocycles. The Balaban J connectivity index is 0.000000163. The van der Waals surface area contributed by atoms with Gasteiger partial charge in [0.15, 0.2) is 0 Å². The zero-order chi connectivity index (χ0) is 42.4. The van der Waals surface area contributed by atoms with Crippen LogP contribution in [0.4, 0.5) is 0 Å². The summed E-state index contributed by atoms with van der Waals surface area (Å²) in [6.45, 7) is 11.0. The van der Waals surface area contributed by atoms with Crippen molar-refractivity contribution in [2.75, 3.05) is 0 Å². The summed E-state index contributed by atoms with van der Waals surface area (Å²) in [5.41, 5.74) is 19.5. The molecule has 0 saturated carbocycles. The van der Waals surface area contributed by atoms with Crippen LogP contribution in [-0.4, -0.2) is 9.13 Å². The maximum Gasteiger partial charge on any atom is 0.0547 e. The standard InChI is InChI=1S/C37H26N2.C16H16.C7H8/c1-25-18-21-28(22-19-25)38-34-16-8-6-13-32(34)37-29(14-9-17-35(37)38)26-20-23-31-30-12-5-7-15-33(30)39(36(31)24-26)27-10-3-2-4-11-27;1-11-8-9-13-12-6-4-5-7-14(12)16(2,3)15(13)10-11;1-7-5-3-2-4-6-7/h2-24H,1H3;4-10H,1-3H3;2-6H,1H3. The Morgan fingerprint density at radius 1 is 0.323 bits per heavy atom. The van der Waals surface area contributed by atoms with Crippen molar-refractivity contribution >= 4 is 43.6 Å². The first-order valence-electron chi connectivity index (χ1n) is 21.7. The lowest BCUT2D eigenvalue weighted by Crippen LogP contribution is -2.14. The van der Waals surface area contributed by atoms with Gasteiger partial charge in [0, 0.05) is 38.3 Å². The molecule has 2 aromatic heterocycles. The molecule has 2 nitrogen and oxygen atoms in total. The van der Waals surface area contributed by atoms with E-state index in [1.165, 1.54) is 105 Å². The van der Waals surface area contributed by atoms with Crippen LogP contribution in [0.25, 0.3) is 77.2 Å². The van der Waals surface area contributed by atoms with Gasteiger partial charge in [-0.05, 0) is 103 Å². The molecule has 0 fully saturated rings. The van der Waals surface area contributed by atoms with Crippen molar-refractivity contribution < 1.29 is 0 Å². The molecule has 2 heterocycles. The second-order valence-electron chi connectivity index (χ2n) is 17.2. The monoisotopic (exact) mass is 798 g/mol. The number of fused-ring (bicyclic) bond motifs is 9. The third-order valence-corrected chi connectivity index (χ3v) is 12.7. The SMILES string of the molecule is Cc1ccc(-n2c3ccccc3c3c(-c4ccc5c6ccccc6n(-c6ccccc6)c5c4)cccc32)cc1.Cc1ccc2c(c1)C(C)(C)c1ccccc1-2.Cc1ccccc1. The zero-order valence-electron chi connectivity index (χ0n) is 36.1. The van der Waals surface area contributed by atoms with Crippen LogP contribution in [0.1, 0.15) is 41.7 Å². The van der Waals surface area contributed by atoms with Crippen LogP contribution >= 0.6 is 0 Å². The number of para-hydroxylation sites is 3. The highest BCUT2D eigenvalue weighted by Crippen LogP contribution is 2.48. The summed E-state index contributed by atoms with van der Waals surface area (Å²) in [6.07, 6.45) is 0. The van der Waals surface area contributed by atoms with Crippen molar-refractivity contribution in [1.29, 1.82) is 0 Å². The molecule has 12 rings (SSSR count). The molecule has 0 bridgehead atoms. The fourth-order valence-corrected chi connectivity index (χ4v) is 9.58. The molecule has 1 aliphatic carbocycles. The second kappa shape index (κ2) is 15.9. The highest BCUT2D eigenvalue weighted by atomic mass is 15.0. The van der Waals surface area contributed by atoms with Crippen molar-refractivity contribution in [3.63, 3.8) is 0 Å². The van der Waals surface area contributed by atoms with E-state index < -0.39 is 0 Å². The largest absolute Gasteiger partial charge is 0.309 e. The Labute approximate surface area is 365 Å². The van der Waals surface area contributed by atoms with Crippen molar-refractivity contribution in [2.45, 2.75) is 40.0 Å². The van der Waals surface area contributed by atoms with Crippen LogP contribution in [0, 0.1) is 20.8 Å². The molecule has 0 unspecified atom stereocenters. The first-order chi connectivity index (χ1) is 30.3. The van der Waals surface area contributed by atoms with Gasteiger partial charge in [0.05, 0.1) is 22.1 Å². The van der Waals surface area contributed by atoms with Gasteiger partial charge in [-0.15, -0.1) is 0 Å². The molecule has 0 saturated heterocycles. The molecular weight excluding hydrogens is 749 g/mol. The molecule has 0 spiro atoms. The minimum Gasteiger partial charge on any atom is -0.309 e. The van der Waals surface area contributed by atoms with Crippen molar-refractivity contribution in [3.05, 3.63) is 240 Å². The third-order valence-electron chi connectivity index (χ3n) is 12.7. The average Bonchev–Trinajstić information content (AvgIpc) is 3.90. The number of benzene rings is 9. The van der Waals surface area contributed by atoms with E-state index in [9.17, 15) is 0 Å². The van der Waals surface area contributed by atoms with E-state index in [2.05, 4.69) is 238 Å². The first-order valence-corrected chi connectivity index (χ1v) is 21.7. The van der Waals surface area contributed by atoms with Gasteiger partial charge < -0.3 is 9.13 Å². The number of rotatable bonds is 3. The number of hydrogen-bond donors (Lipinski definition) is 0. The van der Waals surface area contributed by atoms with E-state index in [4.69, 9.17) is 0 Å². The molecular formula is C60H50N2. The molecule has 1 aliphatic rings. The Morgan fingerprint density at radius 2 is 0.839 bits per heavy atom. The van der Waals surface area contributed by atoms with Gasteiger partial charge in [-0.25, -0.2) is 0 Å². The molecule has 300 valence electrons. The normalized spacial score (nSPS) is 12.4. The van der Waals surface area contributed by atoms with Gasteiger partial charge in [0.1, 0.15) is 0 Å². The summed E-state index contributed by atoms with van der Waals surface area (Å²) in [5, 5.41) is 5.10. The van der Waals surface area contributed by atoms with E-state index in [1.54, 1.807) is 0 Å². The smallest absolute Gasteiger partial charge is 0.0547 e. The van der Waals surface area contributed by atoms with Crippen LogP contribution in [0.3, 0.4) is 0 Å². The van der Waals surface area contributed by atoms with Gasteiger partial charge in [-0.3, -0.25) is 0 Å². The van der Waals surface area contributed by atoms with E-state index in [-0.39, 0.29) is 5.41 Å². The quantitative estimate of drug-likeness (QED) is 0.168.